The Bertz CT molecular complexity index is 925. The van der Waals surface area contributed by atoms with Gasteiger partial charge < -0.3 is 14.8 Å². The van der Waals surface area contributed by atoms with Gasteiger partial charge in [-0.1, -0.05) is 30.3 Å². The number of carbonyl (C=O) groups is 1. The first-order valence-corrected chi connectivity index (χ1v) is 8.86. The number of nitrogens with one attached hydrogen (secondary N) is 1. The fourth-order valence-electron chi connectivity index (χ4n) is 2.57. The van der Waals surface area contributed by atoms with Crippen LogP contribution in [0.4, 0.5) is 5.69 Å². The van der Waals surface area contributed by atoms with Gasteiger partial charge >= 0.3 is 0 Å². The largest absolute Gasteiger partial charge is 0.493 e. The molecule has 2 aromatic rings. The molecule has 2 aromatic carbocycles. The van der Waals surface area contributed by atoms with E-state index in [2.05, 4.69) is 11.9 Å². The molecule has 1 fully saturated rings. The summed E-state index contributed by atoms with van der Waals surface area (Å²) in [6, 6.07) is 12.3. The fraction of sp³-hybridized carbons (Fsp3) is 0.100. The van der Waals surface area contributed by atoms with Gasteiger partial charge in [-0.3, -0.25) is 9.69 Å². The van der Waals surface area contributed by atoms with Gasteiger partial charge in [0.15, 0.2) is 16.6 Å². The van der Waals surface area contributed by atoms with E-state index in [1.54, 1.807) is 55.7 Å². The van der Waals surface area contributed by atoms with Crippen LogP contribution in [-0.2, 0) is 4.79 Å². The predicted molar refractivity (Wildman–Crippen MR) is 111 cm³/mol. The number of halogens is 1. The molecule has 1 heterocycles. The second-order valence-electron chi connectivity index (χ2n) is 5.62. The van der Waals surface area contributed by atoms with Crippen molar-refractivity contribution in [3.63, 3.8) is 0 Å². The molecule has 0 spiro atoms. The third kappa shape index (κ3) is 4.13. The number of methoxy groups -OCH3 is 1. The molecule has 1 N–H and O–H groups in total. The second-order valence-corrected chi connectivity index (χ2v) is 6.44. The van der Waals surface area contributed by atoms with E-state index in [4.69, 9.17) is 33.3 Å². The van der Waals surface area contributed by atoms with Crippen LogP contribution in [-0.4, -0.2) is 24.7 Å². The molecule has 0 saturated carbocycles. The molecule has 0 radical (unpaired) electrons. The van der Waals surface area contributed by atoms with Crippen molar-refractivity contribution in [2.75, 3.05) is 18.6 Å². The monoisotopic (exact) mass is 400 g/mol. The lowest BCUT2D eigenvalue weighted by molar-refractivity contribution is -0.113. The number of thiocarbonyl (C=S) groups is 1. The first kappa shape index (κ1) is 18.9. The average molecular weight is 401 g/mol. The zero-order chi connectivity index (χ0) is 19.4. The first-order valence-electron chi connectivity index (χ1n) is 8.08. The highest BCUT2D eigenvalue weighted by atomic mass is 35.5. The number of nitrogens with zero attached hydrogens (tertiary/aromatic N) is 1. The molecule has 27 heavy (non-hydrogen) atoms. The van der Waals surface area contributed by atoms with Crippen LogP contribution in [0.15, 0.2) is 60.8 Å². The highest BCUT2D eigenvalue weighted by Crippen LogP contribution is 2.30. The Morgan fingerprint density at radius 2 is 1.96 bits per heavy atom. The number of ether oxygens (including phenoxy) is 2. The van der Waals surface area contributed by atoms with E-state index < -0.39 is 0 Å². The molecule has 7 heteroatoms. The van der Waals surface area contributed by atoms with Gasteiger partial charge in [-0.2, -0.15) is 0 Å². The topological polar surface area (TPSA) is 50.8 Å². The van der Waals surface area contributed by atoms with E-state index in [0.29, 0.717) is 39.6 Å². The molecule has 0 aliphatic carbocycles. The Balaban J connectivity index is 1.87. The highest BCUT2D eigenvalue weighted by molar-refractivity contribution is 7.80. The maximum absolute atomic E-state index is 12.8. The van der Waals surface area contributed by atoms with Crippen molar-refractivity contribution in [3.05, 3.63) is 71.4 Å². The van der Waals surface area contributed by atoms with Crippen LogP contribution in [0.2, 0.25) is 5.02 Å². The van der Waals surface area contributed by atoms with Crippen molar-refractivity contribution in [1.29, 1.82) is 0 Å². The summed E-state index contributed by atoms with van der Waals surface area (Å²) in [6.45, 7) is 4.00. The molecule has 1 saturated heterocycles. The molecule has 1 aliphatic rings. The van der Waals surface area contributed by atoms with E-state index in [1.165, 1.54) is 4.90 Å². The Labute approximate surface area is 167 Å². The van der Waals surface area contributed by atoms with Crippen LogP contribution in [0, 0.1) is 0 Å². The molecule has 1 aliphatic heterocycles. The summed E-state index contributed by atoms with van der Waals surface area (Å²) in [7, 11) is 1.56. The lowest BCUT2D eigenvalue weighted by Gasteiger charge is -2.13. The summed E-state index contributed by atoms with van der Waals surface area (Å²) in [4.78, 5) is 14.2. The zero-order valence-corrected chi connectivity index (χ0v) is 16.1. The van der Waals surface area contributed by atoms with Crippen LogP contribution in [0.3, 0.4) is 0 Å². The van der Waals surface area contributed by atoms with Gasteiger partial charge in [0.1, 0.15) is 12.3 Å². The van der Waals surface area contributed by atoms with Crippen molar-refractivity contribution >= 4 is 46.6 Å². The van der Waals surface area contributed by atoms with Crippen LogP contribution >= 0.6 is 23.8 Å². The molecule has 1 amide bonds. The summed E-state index contributed by atoms with van der Waals surface area (Å²) in [5, 5.41) is 3.85. The van der Waals surface area contributed by atoms with Crippen molar-refractivity contribution in [2.45, 2.75) is 0 Å². The summed E-state index contributed by atoms with van der Waals surface area (Å²) in [5.41, 5.74) is 1.79. The maximum atomic E-state index is 12.8. The molecule has 138 valence electrons. The normalized spacial score (nSPS) is 15.0. The number of hydrogen-bond acceptors (Lipinski definition) is 4. The van der Waals surface area contributed by atoms with Gasteiger partial charge in [-0.15, -0.1) is 0 Å². The van der Waals surface area contributed by atoms with E-state index in [1.807, 2.05) is 6.07 Å². The minimum absolute atomic E-state index is 0.242. The smallest absolute Gasteiger partial charge is 0.281 e. The van der Waals surface area contributed by atoms with Crippen LogP contribution < -0.4 is 19.7 Å². The van der Waals surface area contributed by atoms with Gasteiger partial charge in [0.2, 0.25) is 0 Å². The molecular formula is C20H17ClN2O3S. The predicted octanol–water partition coefficient (Wildman–Crippen LogP) is 4.18. The van der Waals surface area contributed by atoms with Crippen LogP contribution in [0.1, 0.15) is 5.56 Å². The van der Waals surface area contributed by atoms with Gasteiger partial charge in [0, 0.05) is 5.02 Å². The van der Waals surface area contributed by atoms with Gasteiger partial charge in [-0.05, 0) is 60.3 Å². The molecule has 0 aromatic heterocycles. The van der Waals surface area contributed by atoms with E-state index in [0.717, 1.165) is 5.56 Å². The number of carbonyl (C=O) groups excluding carboxylic acids is 1. The Morgan fingerprint density at radius 1 is 1.22 bits per heavy atom. The Morgan fingerprint density at radius 3 is 2.63 bits per heavy atom. The number of hydrogen-bond donors (Lipinski definition) is 1. The second kappa shape index (κ2) is 8.24. The van der Waals surface area contributed by atoms with E-state index in [9.17, 15) is 4.79 Å². The van der Waals surface area contributed by atoms with E-state index >= 15 is 0 Å². The SMILES string of the molecule is C=CCOc1ccc(/C=C2\NC(=S)N(c3ccc(Cl)cc3)C2=O)cc1OC. The zero-order valence-electron chi connectivity index (χ0n) is 14.6. The summed E-state index contributed by atoms with van der Waals surface area (Å²) in [6.07, 6.45) is 3.37. The van der Waals surface area contributed by atoms with Crippen LogP contribution in [0.25, 0.3) is 6.08 Å². The third-order valence-corrected chi connectivity index (χ3v) is 4.36. The maximum Gasteiger partial charge on any atom is 0.281 e. The number of anilines is 1. The van der Waals surface area contributed by atoms with Crippen molar-refractivity contribution < 1.29 is 14.3 Å². The highest BCUT2D eigenvalue weighted by Gasteiger charge is 2.31. The van der Waals surface area contributed by atoms with Crippen molar-refractivity contribution in [2.24, 2.45) is 0 Å². The standard InChI is InChI=1S/C20H17ClN2O3S/c1-3-10-26-17-9-4-13(12-18(17)25-2)11-16-19(24)23(20(27)22-16)15-7-5-14(21)6-8-15/h3-9,11-12H,1,10H2,2H3,(H,22,27)/b16-11-. The molecule has 3 rings (SSSR count). The first-order chi connectivity index (χ1) is 13.0. The van der Waals surface area contributed by atoms with Gasteiger partial charge in [0.05, 0.1) is 12.8 Å². The third-order valence-electron chi connectivity index (χ3n) is 3.82. The van der Waals surface area contributed by atoms with Gasteiger partial charge in [0.25, 0.3) is 5.91 Å². The summed E-state index contributed by atoms with van der Waals surface area (Å²) >= 11 is 11.2. The number of rotatable bonds is 6. The molecule has 5 nitrogen and oxygen atoms in total. The molecular weight excluding hydrogens is 384 g/mol. The molecule has 0 unspecified atom stereocenters. The summed E-state index contributed by atoms with van der Waals surface area (Å²) in [5.74, 6) is 0.922. The number of amides is 1. The summed E-state index contributed by atoms with van der Waals surface area (Å²) < 4.78 is 10.9. The van der Waals surface area contributed by atoms with Gasteiger partial charge in [-0.25, -0.2) is 0 Å². The minimum Gasteiger partial charge on any atom is -0.493 e. The van der Waals surface area contributed by atoms with Crippen LogP contribution in [0.5, 0.6) is 11.5 Å². The van der Waals surface area contributed by atoms with Crippen molar-refractivity contribution in [1.82, 2.24) is 5.32 Å². The number of benzene rings is 2. The lowest BCUT2D eigenvalue weighted by Crippen LogP contribution is -2.30. The quantitative estimate of drug-likeness (QED) is 0.448. The Kier molecular flexibility index (Phi) is 5.78. The fourth-order valence-corrected chi connectivity index (χ4v) is 2.99. The Hall–Kier alpha value is -2.83. The van der Waals surface area contributed by atoms with Crippen molar-refractivity contribution in [3.8, 4) is 11.5 Å². The molecule has 0 atom stereocenters. The lowest BCUT2D eigenvalue weighted by atomic mass is 10.1. The van der Waals surface area contributed by atoms with E-state index in [-0.39, 0.29) is 5.91 Å². The average Bonchev–Trinajstić information content (AvgIpc) is 2.94. The molecule has 0 bridgehead atoms. The minimum atomic E-state index is -0.242.